The summed E-state index contributed by atoms with van der Waals surface area (Å²) >= 11 is 7.43. The molecule has 114 valence electrons. The standard InChI is InChI=1S/C16H21ClN2OS/c1-3-20-9-8-19(2)11-13-4-6-14(7-5-13)16-18-15(10-17)12-21-16/h4-7,12H,3,8-11H2,1-2H3. The average molecular weight is 325 g/mol. The molecule has 0 spiro atoms. The van der Waals surface area contributed by atoms with Gasteiger partial charge in [-0.25, -0.2) is 4.98 Å². The summed E-state index contributed by atoms with van der Waals surface area (Å²) in [6, 6.07) is 8.58. The zero-order valence-electron chi connectivity index (χ0n) is 12.5. The average Bonchev–Trinajstić information content (AvgIpc) is 2.97. The third-order valence-electron chi connectivity index (χ3n) is 3.16. The van der Waals surface area contributed by atoms with Gasteiger partial charge in [0.1, 0.15) is 5.01 Å². The van der Waals surface area contributed by atoms with Crippen LogP contribution >= 0.6 is 22.9 Å². The van der Waals surface area contributed by atoms with Crippen molar-refractivity contribution in [3.05, 3.63) is 40.9 Å². The van der Waals surface area contributed by atoms with Crippen molar-refractivity contribution in [3.63, 3.8) is 0 Å². The first-order valence-electron chi connectivity index (χ1n) is 7.09. The molecular weight excluding hydrogens is 304 g/mol. The van der Waals surface area contributed by atoms with Crippen LogP contribution in [-0.4, -0.2) is 36.7 Å². The fraction of sp³-hybridized carbons (Fsp3) is 0.438. The molecule has 2 rings (SSSR count). The Balaban J connectivity index is 1.92. The smallest absolute Gasteiger partial charge is 0.123 e. The Morgan fingerprint density at radius 3 is 2.67 bits per heavy atom. The summed E-state index contributed by atoms with van der Waals surface area (Å²) in [4.78, 5) is 6.76. The van der Waals surface area contributed by atoms with Gasteiger partial charge in [0.2, 0.25) is 0 Å². The maximum absolute atomic E-state index is 5.79. The van der Waals surface area contributed by atoms with Gasteiger partial charge in [-0.2, -0.15) is 0 Å². The van der Waals surface area contributed by atoms with E-state index in [0.29, 0.717) is 5.88 Å². The summed E-state index contributed by atoms with van der Waals surface area (Å²) in [5.41, 5.74) is 3.39. The maximum Gasteiger partial charge on any atom is 0.123 e. The summed E-state index contributed by atoms with van der Waals surface area (Å²) in [6.07, 6.45) is 0. The second-order valence-electron chi connectivity index (χ2n) is 4.91. The molecule has 0 aliphatic rings. The largest absolute Gasteiger partial charge is 0.380 e. The Labute approximate surface area is 135 Å². The number of hydrogen-bond donors (Lipinski definition) is 0. The van der Waals surface area contributed by atoms with E-state index in [1.807, 2.05) is 12.3 Å². The molecule has 0 fully saturated rings. The van der Waals surface area contributed by atoms with Gasteiger partial charge in [0.25, 0.3) is 0 Å². The minimum absolute atomic E-state index is 0.471. The lowest BCUT2D eigenvalue weighted by Gasteiger charge is -2.16. The van der Waals surface area contributed by atoms with Gasteiger partial charge < -0.3 is 4.74 Å². The van der Waals surface area contributed by atoms with Crippen LogP contribution in [0.3, 0.4) is 0 Å². The van der Waals surface area contributed by atoms with Crippen molar-refractivity contribution in [2.24, 2.45) is 0 Å². The molecule has 3 nitrogen and oxygen atoms in total. The Morgan fingerprint density at radius 2 is 2.05 bits per heavy atom. The molecule has 0 radical (unpaired) electrons. The van der Waals surface area contributed by atoms with Crippen molar-refractivity contribution < 1.29 is 4.74 Å². The summed E-state index contributed by atoms with van der Waals surface area (Å²) in [7, 11) is 2.11. The maximum atomic E-state index is 5.79. The number of benzene rings is 1. The molecule has 0 atom stereocenters. The lowest BCUT2D eigenvalue weighted by molar-refractivity contribution is 0.120. The molecule has 1 aromatic carbocycles. The van der Waals surface area contributed by atoms with E-state index >= 15 is 0 Å². The number of rotatable bonds is 8. The Morgan fingerprint density at radius 1 is 1.29 bits per heavy atom. The van der Waals surface area contributed by atoms with Crippen molar-refractivity contribution in [2.75, 3.05) is 26.8 Å². The molecule has 0 aliphatic heterocycles. The van der Waals surface area contributed by atoms with Crippen LogP contribution < -0.4 is 0 Å². The van der Waals surface area contributed by atoms with Crippen LogP contribution in [0.4, 0.5) is 0 Å². The van der Waals surface area contributed by atoms with E-state index < -0.39 is 0 Å². The minimum Gasteiger partial charge on any atom is -0.380 e. The van der Waals surface area contributed by atoms with Crippen molar-refractivity contribution in [2.45, 2.75) is 19.3 Å². The van der Waals surface area contributed by atoms with Gasteiger partial charge in [-0.15, -0.1) is 22.9 Å². The van der Waals surface area contributed by atoms with Crippen LogP contribution in [0, 0.1) is 0 Å². The van der Waals surface area contributed by atoms with Gasteiger partial charge in [-0.3, -0.25) is 4.90 Å². The Bertz CT molecular complexity index is 541. The topological polar surface area (TPSA) is 25.4 Å². The van der Waals surface area contributed by atoms with Gasteiger partial charge in [0.05, 0.1) is 18.2 Å². The van der Waals surface area contributed by atoms with Crippen molar-refractivity contribution in [1.29, 1.82) is 0 Å². The normalized spacial score (nSPS) is 11.2. The van der Waals surface area contributed by atoms with E-state index in [1.54, 1.807) is 11.3 Å². The first-order valence-corrected chi connectivity index (χ1v) is 8.50. The van der Waals surface area contributed by atoms with Gasteiger partial charge >= 0.3 is 0 Å². The predicted octanol–water partition coefficient (Wildman–Crippen LogP) is 4.02. The van der Waals surface area contributed by atoms with E-state index in [0.717, 1.165) is 42.6 Å². The third-order valence-corrected chi connectivity index (χ3v) is 4.38. The number of aromatic nitrogens is 1. The van der Waals surface area contributed by atoms with Crippen LogP contribution in [0.5, 0.6) is 0 Å². The molecule has 0 unspecified atom stereocenters. The highest BCUT2D eigenvalue weighted by atomic mass is 35.5. The Hall–Kier alpha value is -0.940. The number of alkyl halides is 1. The van der Waals surface area contributed by atoms with E-state index in [2.05, 4.69) is 41.2 Å². The van der Waals surface area contributed by atoms with Crippen LogP contribution in [0.2, 0.25) is 0 Å². The SMILES string of the molecule is CCOCCN(C)Cc1ccc(-c2nc(CCl)cs2)cc1. The molecular formula is C16H21ClN2OS. The van der Waals surface area contributed by atoms with Crippen molar-refractivity contribution >= 4 is 22.9 Å². The fourth-order valence-electron chi connectivity index (χ4n) is 2.01. The van der Waals surface area contributed by atoms with Crippen LogP contribution in [0.25, 0.3) is 10.6 Å². The first-order chi connectivity index (χ1) is 10.2. The lowest BCUT2D eigenvalue weighted by atomic mass is 10.1. The highest BCUT2D eigenvalue weighted by molar-refractivity contribution is 7.13. The van der Waals surface area contributed by atoms with Crippen LogP contribution in [-0.2, 0) is 17.2 Å². The van der Waals surface area contributed by atoms with Crippen molar-refractivity contribution in [1.82, 2.24) is 9.88 Å². The molecule has 0 saturated heterocycles. The first kappa shape index (κ1) is 16.4. The second-order valence-corrected chi connectivity index (χ2v) is 6.03. The molecule has 2 aromatic rings. The fourth-order valence-corrected chi connectivity index (χ4v) is 3.06. The quantitative estimate of drug-likeness (QED) is 0.542. The van der Waals surface area contributed by atoms with E-state index in [1.165, 1.54) is 5.56 Å². The van der Waals surface area contributed by atoms with E-state index in [9.17, 15) is 0 Å². The van der Waals surface area contributed by atoms with Gasteiger partial charge in [0.15, 0.2) is 0 Å². The predicted molar refractivity (Wildman–Crippen MR) is 89.9 cm³/mol. The van der Waals surface area contributed by atoms with Gasteiger partial charge in [0, 0.05) is 30.6 Å². The summed E-state index contributed by atoms with van der Waals surface area (Å²) in [6.45, 7) is 5.46. The molecule has 1 aromatic heterocycles. The number of ether oxygens (including phenoxy) is 1. The molecule has 0 N–H and O–H groups in total. The van der Waals surface area contributed by atoms with E-state index in [4.69, 9.17) is 16.3 Å². The molecule has 0 amide bonds. The van der Waals surface area contributed by atoms with Crippen LogP contribution in [0.15, 0.2) is 29.6 Å². The van der Waals surface area contributed by atoms with E-state index in [-0.39, 0.29) is 0 Å². The zero-order chi connectivity index (χ0) is 15.1. The molecule has 0 saturated carbocycles. The molecule has 0 bridgehead atoms. The molecule has 1 heterocycles. The minimum atomic E-state index is 0.471. The number of likely N-dealkylation sites (N-methyl/N-ethyl adjacent to an activating group) is 1. The summed E-state index contributed by atoms with van der Waals surface area (Å²) < 4.78 is 5.37. The number of halogens is 1. The summed E-state index contributed by atoms with van der Waals surface area (Å²) in [5, 5.41) is 3.04. The number of hydrogen-bond acceptors (Lipinski definition) is 4. The lowest BCUT2D eigenvalue weighted by Crippen LogP contribution is -2.22. The van der Waals surface area contributed by atoms with Crippen LogP contribution in [0.1, 0.15) is 18.2 Å². The second kappa shape index (κ2) is 8.49. The van der Waals surface area contributed by atoms with Crippen molar-refractivity contribution in [3.8, 4) is 10.6 Å². The van der Waals surface area contributed by atoms with Gasteiger partial charge in [-0.05, 0) is 19.5 Å². The molecule has 0 aliphatic carbocycles. The molecule has 21 heavy (non-hydrogen) atoms. The van der Waals surface area contributed by atoms with Gasteiger partial charge in [-0.1, -0.05) is 24.3 Å². The zero-order valence-corrected chi connectivity index (χ0v) is 14.1. The third kappa shape index (κ3) is 5.08. The number of nitrogens with zero attached hydrogens (tertiary/aromatic N) is 2. The Kier molecular flexibility index (Phi) is 6.64. The molecule has 5 heteroatoms. The highest BCUT2D eigenvalue weighted by Crippen LogP contribution is 2.24. The number of thiazole rings is 1. The summed E-state index contributed by atoms with van der Waals surface area (Å²) in [5.74, 6) is 0.471. The monoisotopic (exact) mass is 324 g/mol. The highest BCUT2D eigenvalue weighted by Gasteiger charge is 2.05.